The molecule has 0 aromatic heterocycles. The van der Waals surface area contributed by atoms with E-state index in [1.54, 1.807) is 18.9 Å². The van der Waals surface area contributed by atoms with Crippen LogP contribution in [0.3, 0.4) is 0 Å². The number of rotatable bonds is 7. The van der Waals surface area contributed by atoms with E-state index in [0.717, 1.165) is 12.2 Å². The predicted molar refractivity (Wildman–Crippen MR) is 58.6 cm³/mol. The zero-order valence-corrected chi connectivity index (χ0v) is 9.76. The highest BCUT2D eigenvalue weighted by Gasteiger charge is 2.16. The molecule has 0 aromatic rings. The van der Waals surface area contributed by atoms with Gasteiger partial charge in [0.1, 0.15) is 6.04 Å². The lowest BCUT2D eigenvalue weighted by Gasteiger charge is -2.22. The number of hydrogen-bond acceptors (Lipinski definition) is 4. The Kier molecular flexibility index (Phi) is 6.15. The summed E-state index contributed by atoms with van der Waals surface area (Å²) in [5.74, 6) is 0.375. The van der Waals surface area contributed by atoms with Crippen LogP contribution >= 0.6 is 11.8 Å². The molecule has 0 aromatic carbocycles. The van der Waals surface area contributed by atoms with Crippen LogP contribution in [0.5, 0.6) is 0 Å². The van der Waals surface area contributed by atoms with Crippen molar-refractivity contribution in [3.8, 4) is 0 Å². The maximum atomic E-state index is 10.4. The minimum Gasteiger partial charge on any atom is -0.480 e. The molecule has 84 valence electrons. The average Bonchev–Trinajstić information content (AvgIpc) is 2.12. The Hall–Kier alpha value is -0.260. The minimum absolute atomic E-state index is 0.139. The Labute approximate surface area is 89.2 Å². The molecule has 0 spiro atoms. The van der Waals surface area contributed by atoms with E-state index in [-0.39, 0.29) is 5.60 Å². The molecule has 5 heteroatoms. The van der Waals surface area contributed by atoms with Crippen LogP contribution in [0.25, 0.3) is 0 Å². The molecule has 4 nitrogen and oxygen atoms in total. The van der Waals surface area contributed by atoms with Gasteiger partial charge in [0.05, 0.1) is 5.60 Å². The molecule has 0 saturated carbocycles. The summed E-state index contributed by atoms with van der Waals surface area (Å²) in [6.45, 7) is 4.01. The second-order valence-corrected chi connectivity index (χ2v) is 4.88. The summed E-state index contributed by atoms with van der Waals surface area (Å²) in [4.78, 5) is 10.4. The van der Waals surface area contributed by atoms with Gasteiger partial charge in [-0.15, -0.1) is 0 Å². The van der Waals surface area contributed by atoms with Gasteiger partial charge in [0, 0.05) is 12.9 Å². The summed E-state index contributed by atoms with van der Waals surface area (Å²) in [6.07, 6.45) is 0.889. The van der Waals surface area contributed by atoms with Crippen LogP contribution in [0.1, 0.15) is 20.3 Å². The van der Waals surface area contributed by atoms with E-state index in [0.29, 0.717) is 5.75 Å². The minimum atomic E-state index is -0.941. The second kappa shape index (κ2) is 6.27. The highest BCUT2D eigenvalue weighted by Crippen LogP contribution is 2.16. The van der Waals surface area contributed by atoms with Crippen LogP contribution in [0, 0.1) is 0 Å². The van der Waals surface area contributed by atoms with Crippen molar-refractivity contribution < 1.29 is 14.6 Å². The van der Waals surface area contributed by atoms with Crippen LogP contribution in [-0.4, -0.2) is 41.3 Å². The molecular formula is C9H19NO3S. The highest BCUT2D eigenvalue weighted by molar-refractivity contribution is 7.99. The van der Waals surface area contributed by atoms with E-state index in [9.17, 15) is 4.79 Å². The van der Waals surface area contributed by atoms with Crippen molar-refractivity contribution in [2.75, 3.05) is 18.6 Å². The van der Waals surface area contributed by atoms with Crippen molar-refractivity contribution in [2.24, 2.45) is 5.73 Å². The third kappa shape index (κ3) is 6.23. The number of nitrogens with two attached hydrogens (primary N) is 1. The van der Waals surface area contributed by atoms with E-state index in [1.807, 2.05) is 13.8 Å². The first kappa shape index (κ1) is 13.7. The monoisotopic (exact) mass is 221 g/mol. The van der Waals surface area contributed by atoms with Gasteiger partial charge < -0.3 is 15.6 Å². The number of thioether (sulfide) groups is 1. The molecule has 1 unspecified atom stereocenters. The van der Waals surface area contributed by atoms with Crippen molar-refractivity contribution in [1.82, 2.24) is 0 Å². The second-order valence-electron chi connectivity index (χ2n) is 3.73. The van der Waals surface area contributed by atoms with Gasteiger partial charge in [-0.25, -0.2) is 0 Å². The summed E-state index contributed by atoms with van der Waals surface area (Å²) in [5, 5.41) is 8.52. The number of hydrogen-bond donors (Lipinski definition) is 2. The van der Waals surface area contributed by atoms with Gasteiger partial charge >= 0.3 is 5.97 Å². The van der Waals surface area contributed by atoms with Gasteiger partial charge in [0.25, 0.3) is 0 Å². The van der Waals surface area contributed by atoms with E-state index in [2.05, 4.69) is 0 Å². The summed E-state index contributed by atoms with van der Waals surface area (Å²) in [6, 6.07) is -0.759. The van der Waals surface area contributed by atoms with Crippen LogP contribution in [0.2, 0.25) is 0 Å². The number of carbonyl (C=O) groups is 1. The quantitative estimate of drug-likeness (QED) is 0.626. The molecule has 0 fully saturated rings. The van der Waals surface area contributed by atoms with E-state index in [4.69, 9.17) is 15.6 Å². The van der Waals surface area contributed by atoms with Gasteiger partial charge in [-0.3, -0.25) is 4.79 Å². The van der Waals surface area contributed by atoms with Gasteiger partial charge in [-0.05, 0) is 26.0 Å². The zero-order chi connectivity index (χ0) is 11.2. The third-order valence-corrected chi connectivity index (χ3v) is 3.10. The average molecular weight is 221 g/mol. The topological polar surface area (TPSA) is 72.5 Å². The summed E-state index contributed by atoms with van der Waals surface area (Å²) < 4.78 is 5.23. The van der Waals surface area contributed by atoms with Crippen molar-refractivity contribution in [3.63, 3.8) is 0 Å². The number of ether oxygens (including phenoxy) is 1. The molecule has 0 amide bonds. The fourth-order valence-electron chi connectivity index (χ4n) is 0.702. The van der Waals surface area contributed by atoms with Gasteiger partial charge in [0.15, 0.2) is 0 Å². The van der Waals surface area contributed by atoms with Crippen molar-refractivity contribution >= 4 is 17.7 Å². The number of aliphatic carboxylic acids is 1. The molecule has 0 aliphatic rings. The van der Waals surface area contributed by atoms with Crippen molar-refractivity contribution in [3.05, 3.63) is 0 Å². The summed E-state index contributed by atoms with van der Waals surface area (Å²) in [7, 11) is 1.67. The summed E-state index contributed by atoms with van der Waals surface area (Å²) in [5.41, 5.74) is 5.21. The van der Waals surface area contributed by atoms with Crippen molar-refractivity contribution in [2.45, 2.75) is 31.9 Å². The van der Waals surface area contributed by atoms with Crippen LogP contribution in [0.4, 0.5) is 0 Å². The molecule has 0 radical (unpaired) electrons. The largest absolute Gasteiger partial charge is 0.480 e. The third-order valence-electron chi connectivity index (χ3n) is 2.02. The number of methoxy groups -OCH3 is 1. The van der Waals surface area contributed by atoms with Gasteiger partial charge in [-0.1, -0.05) is 0 Å². The fourth-order valence-corrected chi connectivity index (χ4v) is 1.90. The van der Waals surface area contributed by atoms with Gasteiger partial charge in [0.2, 0.25) is 0 Å². The molecule has 0 aliphatic heterocycles. The molecule has 1 atom stereocenters. The normalized spacial score (nSPS) is 14.0. The van der Waals surface area contributed by atoms with Crippen LogP contribution in [0.15, 0.2) is 0 Å². The van der Waals surface area contributed by atoms with E-state index in [1.165, 1.54) is 0 Å². The zero-order valence-electron chi connectivity index (χ0n) is 8.95. The smallest absolute Gasteiger partial charge is 0.321 e. The Bertz CT molecular complexity index is 185. The SMILES string of the molecule is COC(C)(C)CCSCC(N)C(=O)O. The lowest BCUT2D eigenvalue weighted by atomic mass is 10.1. The van der Waals surface area contributed by atoms with E-state index >= 15 is 0 Å². The fraction of sp³-hybridized carbons (Fsp3) is 0.889. The van der Waals surface area contributed by atoms with E-state index < -0.39 is 12.0 Å². The highest BCUT2D eigenvalue weighted by atomic mass is 32.2. The number of carboxylic acids is 1. The molecule has 3 N–H and O–H groups in total. The standard InChI is InChI=1S/C9H19NO3S/c1-9(2,13-3)4-5-14-6-7(10)8(11)12/h7H,4-6,10H2,1-3H3,(H,11,12). The van der Waals surface area contributed by atoms with Crippen LogP contribution < -0.4 is 5.73 Å². The molecular weight excluding hydrogens is 202 g/mol. The molecule has 0 saturated heterocycles. The Morgan fingerprint density at radius 1 is 1.64 bits per heavy atom. The predicted octanol–water partition coefficient (Wildman–Crippen LogP) is 0.947. The lowest BCUT2D eigenvalue weighted by molar-refractivity contribution is -0.137. The molecule has 0 heterocycles. The molecule has 0 bridgehead atoms. The van der Waals surface area contributed by atoms with Gasteiger partial charge in [-0.2, -0.15) is 11.8 Å². The first-order valence-electron chi connectivity index (χ1n) is 4.50. The number of carboxylic acid groups (broad SMARTS) is 1. The Morgan fingerprint density at radius 2 is 2.21 bits per heavy atom. The van der Waals surface area contributed by atoms with Crippen molar-refractivity contribution in [1.29, 1.82) is 0 Å². The molecule has 14 heavy (non-hydrogen) atoms. The lowest BCUT2D eigenvalue weighted by Crippen LogP contribution is -2.32. The van der Waals surface area contributed by atoms with Crippen LogP contribution in [-0.2, 0) is 9.53 Å². The first-order chi connectivity index (χ1) is 6.39. The maximum absolute atomic E-state index is 10.4. The maximum Gasteiger partial charge on any atom is 0.321 e. The summed E-state index contributed by atoms with van der Waals surface area (Å²) >= 11 is 1.55. The Morgan fingerprint density at radius 3 is 2.64 bits per heavy atom. The Balaban J connectivity index is 3.52. The molecule has 0 rings (SSSR count). The first-order valence-corrected chi connectivity index (χ1v) is 5.66. The molecule has 0 aliphatic carbocycles.